The fraction of sp³-hybridized carbons (Fsp3) is 0.222. The van der Waals surface area contributed by atoms with E-state index in [1.54, 1.807) is 60.7 Å². The monoisotopic (exact) mass is 572 g/mol. The molecule has 4 amide bonds. The molecule has 43 heavy (non-hydrogen) atoms. The summed E-state index contributed by atoms with van der Waals surface area (Å²) in [5, 5.41) is 0. The highest BCUT2D eigenvalue weighted by molar-refractivity contribution is 6.34. The van der Waals surface area contributed by atoms with Crippen molar-refractivity contribution in [3.63, 3.8) is 0 Å². The molecule has 0 saturated carbocycles. The third-order valence-corrected chi connectivity index (χ3v) is 7.83. The first-order valence-corrected chi connectivity index (χ1v) is 14.2. The predicted molar refractivity (Wildman–Crippen MR) is 165 cm³/mol. The maximum absolute atomic E-state index is 13.5. The van der Waals surface area contributed by atoms with Crippen LogP contribution >= 0.6 is 0 Å². The molecule has 0 N–H and O–H groups in total. The second-order valence-corrected chi connectivity index (χ2v) is 13.0. The first-order chi connectivity index (χ1) is 20.2. The molecule has 0 bridgehead atoms. The number of imide groups is 2. The molecule has 0 atom stereocenters. The molecule has 7 nitrogen and oxygen atoms in total. The van der Waals surface area contributed by atoms with Crippen molar-refractivity contribution in [2.75, 3.05) is 4.90 Å². The maximum Gasteiger partial charge on any atom is 0.266 e. The number of fused-ring (bicyclic) bond motifs is 2. The molecule has 4 aromatic rings. The summed E-state index contributed by atoms with van der Waals surface area (Å²) in [6, 6.07) is 24.9. The van der Waals surface area contributed by atoms with Gasteiger partial charge in [0.1, 0.15) is 11.5 Å². The zero-order chi connectivity index (χ0) is 30.8. The molecule has 7 heteroatoms. The van der Waals surface area contributed by atoms with Crippen LogP contribution in [0.25, 0.3) is 11.1 Å². The maximum atomic E-state index is 13.5. The van der Waals surface area contributed by atoms with Crippen molar-refractivity contribution in [2.45, 2.75) is 52.5 Å². The van der Waals surface area contributed by atoms with E-state index in [9.17, 15) is 19.2 Å². The van der Waals surface area contributed by atoms with Crippen LogP contribution < -0.4 is 9.64 Å². The summed E-state index contributed by atoms with van der Waals surface area (Å²) in [7, 11) is 0. The van der Waals surface area contributed by atoms with Gasteiger partial charge in [-0.05, 0) is 104 Å². The van der Waals surface area contributed by atoms with Gasteiger partial charge < -0.3 is 4.74 Å². The molecule has 0 spiro atoms. The average Bonchev–Trinajstić information content (AvgIpc) is 3.36. The van der Waals surface area contributed by atoms with Crippen LogP contribution in [0, 0.1) is 0 Å². The zero-order valence-corrected chi connectivity index (χ0v) is 25.0. The average molecular weight is 573 g/mol. The highest BCUT2D eigenvalue weighted by Crippen LogP contribution is 2.36. The van der Waals surface area contributed by atoms with Gasteiger partial charge in [0.2, 0.25) is 0 Å². The summed E-state index contributed by atoms with van der Waals surface area (Å²) in [4.78, 5) is 55.2. The minimum Gasteiger partial charge on any atom is -0.457 e. The minimum absolute atomic E-state index is 0.0436. The standard InChI is InChI=1S/C36H32N2O5/c1-35(2,3)23-9-13-25(14-10-23)43-26-15-11-24(12-16-26)37-31(39)27-17-7-21(19-29(27)32(37)40)22-8-18-28-30(20-22)34(42)38(33(28)41)36(4,5)6/h7-20H,1-6H3. The first-order valence-electron chi connectivity index (χ1n) is 14.2. The molecule has 2 aliphatic heterocycles. The molecule has 6 rings (SSSR count). The molecule has 0 saturated heterocycles. The lowest BCUT2D eigenvalue weighted by atomic mass is 9.87. The van der Waals surface area contributed by atoms with Crippen molar-refractivity contribution in [3.05, 3.63) is 113 Å². The zero-order valence-electron chi connectivity index (χ0n) is 25.0. The molecule has 0 radical (unpaired) electrons. The summed E-state index contributed by atoms with van der Waals surface area (Å²) >= 11 is 0. The second kappa shape index (κ2) is 9.76. The number of benzene rings is 4. The third kappa shape index (κ3) is 4.80. The van der Waals surface area contributed by atoms with E-state index in [0.717, 1.165) is 4.90 Å². The van der Waals surface area contributed by atoms with Crippen LogP contribution in [0.2, 0.25) is 0 Å². The summed E-state index contributed by atoms with van der Waals surface area (Å²) in [6.45, 7) is 11.9. The fourth-order valence-electron chi connectivity index (χ4n) is 5.51. The highest BCUT2D eigenvalue weighted by atomic mass is 16.5. The van der Waals surface area contributed by atoms with E-state index in [-0.39, 0.29) is 22.8 Å². The summed E-state index contributed by atoms with van der Waals surface area (Å²) in [5.74, 6) is -0.228. The number of hydrogen-bond acceptors (Lipinski definition) is 5. The van der Waals surface area contributed by atoms with Gasteiger partial charge in [-0.15, -0.1) is 0 Å². The lowest BCUT2D eigenvalue weighted by Crippen LogP contribution is -2.45. The molecular weight excluding hydrogens is 540 g/mol. The Balaban J connectivity index is 1.23. The van der Waals surface area contributed by atoms with Crippen LogP contribution in [0.3, 0.4) is 0 Å². The number of anilines is 1. The Morgan fingerprint density at radius 2 is 0.953 bits per heavy atom. The van der Waals surface area contributed by atoms with E-state index in [1.165, 1.54) is 10.5 Å². The van der Waals surface area contributed by atoms with Crippen molar-refractivity contribution in [3.8, 4) is 22.6 Å². The number of carbonyl (C=O) groups is 4. The molecule has 2 aliphatic rings. The first kappa shape index (κ1) is 28.1. The van der Waals surface area contributed by atoms with Gasteiger partial charge in [0, 0.05) is 5.54 Å². The molecule has 0 aromatic heterocycles. The van der Waals surface area contributed by atoms with E-state index in [1.807, 2.05) is 45.0 Å². The predicted octanol–water partition coefficient (Wildman–Crippen LogP) is 7.64. The van der Waals surface area contributed by atoms with Crippen molar-refractivity contribution in [2.24, 2.45) is 0 Å². The van der Waals surface area contributed by atoms with Gasteiger partial charge in [-0.2, -0.15) is 0 Å². The molecule has 4 aromatic carbocycles. The third-order valence-electron chi connectivity index (χ3n) is 7.83. The number of nitrogens with zero attached hydrogens (tertiary/aromatic N) is 2. The number of carbonyl (C=O) groups excluding carboxylic acids is 4. The second-order valence-electron chi connectivity index (χ2n) is 13.0. The fourth-order valence-corrected chi connectivity index (χ4v) is 5.51. The summed E-state index contributed by atoms with van der Waals surface area (Å²) in [5.41, 5.74) is 3.64. The summed E-state index contributed by atoms with van der Waals surface area (Å²) in [6.07, 6.45) is 0. The van der Waals surface area contributed by atoms with Crippen molar-refractivity contribution >= 4 is 29.3 Å². The summed E-state index contributed by atoms with van der Waals surface area (Å²) < 4.78 is 5.98. The number of rotatable bonds is 4. The van der Waals surface area contributed by atoms with E-state index in [2.05, 4.69) is 20.8 Å². The topological polar surface area (TPSA) is 84.0 Å². The molecular formula is C36H32N2O5. The van der Waals surface area contributed by atoms with Gasteiger partial charge in [0.25, 0.3) is 23.6 Å². The van der Waals surface area contributed by atoms with Crippen LogP contribution in [0.15, 0.2) is 84.9 Å². The smallest absolute Gasteiger partial charge is 0.266 e. The molecule has 2 heterocycles. The van der Waals surface area contributed by atoms with Gasteiger partial charge in [-0.1, -0.05) is 45.0 Å². The normalized spacial score (nSPS) is 14.8. The Morgan fingerprint density at radius 1 is 0.512 bits per heavy atom. The van der Waals surface area contributed by atoms with E-state index in [4.69, 9.17) is 4.74 Å². The molecule has 0 fully saturated rings. The van der Waals surface area contributed by atoms with E-state index in [0.29, 0.717) is 45.0 Å². The van der Waals surface area contributed by atoms with Crippen molar-refractivity contribution < 1.29 is 23.9 Å². The lowest BCUT2D eigenvalue weighted by molar-refractivity contribution is 0.0507. The van der Waals surface area contributed by atoms with Crippen LogP contribution in [-0.2, 0) is 5.41 Å². The lowest BCUT2D eigenvalue weighted by Gasteiger charge is -2.29. The van der Waals surface area contributed by atoms with Crippen molar-refractivity contribution in [1.29, 1.82) is 0 Å². The molecule has 216 valence electrons. The van der Waals surface area contributed by atoms with Crippen LogP contribution in [0.4, 0.5) is 5.69 Å². The SMILES string of the molecule is CC(C)(C)c1ccc(Oc2ccc(N3C(=O)c4ccc(-c5ccc6c(c5)C(=O)N(C(C)(C)C)C6=O)cc4C3=O)cc2)cc1. The molecule has 0 aliphatic carbocycles. The number of hydrogen-bond donors (Lipinski definition) is 0. The number of amides is 4. The number of ether oxygens (including phenoxy) is 1. The van der Waals surface area contributed by atoms with Crippen molar-refractivity contribution in [1.82, 2.24) is 4.90 Å². The Morgan fingerprint density at radius 3 is 1.47 bits per heavy atom. The van der Waals surface area contributed by atoms with E-state index < -0.39 is 17.4 Å². The van der Waals surface area contributed by atoms with Gasteiger partial charge in [0.05, 0.1) is 27.9 Å². The van der Waals surface area contributed by atoms with E-state index >= 15 is 0 Å². The minimum atomic E-state index is -0.654. The van der Waals surface area contributed by atoms with Crippen LogP contribution in [0.1, 0.15) is 88.5 Å². The van der Waals surface area contributed by atoms with Crippen LogP contribution in [-0.4, -0.2) is 34.1 Å². The van der Waals surface area contributed by atoms with Crippen LogP contribution in [0.5, 0.6) is 11.5 Å². The molecule has 0 unspecified atom stereocenters. The van der Waals surface area contributed by atoms with Gasteiger partial charge in [-0.25, -0.2) is 4.90 Å². The largest absolute Gasteiger partial charge is 0.457 e. The Labute approximate surface area is 250 Å². The quantitative estimate of drug-likeness (QED) is 0.235. The Kier molecular flexibility index (Phi) is 6.38. The van der Waals surface area contributed by atoms with Gasteiger partial charge in [0.15, 0.2) is 0 Å². The van der Waals surface area contributed by atoms with Gasteiger partial charge in [-0.3, -0.25) is 24.1 Å². The Hall–Kier alpha value is -5.04. The Bertz CT molecular complexity index is 1820. The van der Waals surface area contributed by atoms with Gasteiger partial charge >= 0.3 is 0 Å². The highest BCUT2D eigenvalue weighted by Gasteiger charge is 2.42.